The Balaban J connectivity index is 1.75. The van der Waals surface area contributed by atoms with Gasteiger partial charge in [0.1, 0.15) is 5.75 Å². The van der Waals surface area contributed by atoms with Crippen LogP contribution in [0.2, 0.25) is 5.02 Å². The van der Waals surface area contributed by atoms with Crippen LogP contribution in [-0.2, 0) is 13.0 Å². The maximum absolute atomic E-state index is 13.2. The van der Waals surface area contributed by atoms with E-state index in [9.17, 15) is 9.90 Å². The zero-order valence-electron chi connectivity index (χ0n) is 17.2. The van der Waals surface area contributed by atoms with Gasteiger partial charge in [-0.1, -0.05) is 49.7 Å². The van der Waals surface area contributed by atoms with Gasteiger partial charge >= 0.3 is 0 Å². The highest BCUT2D eigenvalue weighted by Gasteiger charge is 2.15. The van der Waals surface area contributed by atoms with E-state index in [-0.39, 0.29) is 11.2 Å². The summed E-state index contributed by atoms with van der Waals surface area (Å²) in [4.78, 5) is 18.6. The fraction of sp³-hybridized carbons (Fsp3) is 0.240. The van der Waals surface area contributed by atoms with Crippen molar-refractivity contribution < 1.29 is 5.11 Å². The number of nitrogens with zero attached hydrogens (tertiary/aromatic N) is 1. The van der Waals surface area contributed by atoms with Crippen LogP contribution >= 0.6 is 11.6 Å². The van der Waals surface area contributed by atoms with E-state index in [1.807, 2.05) is 36.4 Å². The van der Waals surface area contributed by atoms with Gasteiger partial charge in [0, 0.05) is 51.8 Å². The van der Waals surface area contributed by atoms with Crippen molar-refractivity contribution in [1.29, 1.82) is 0 Å². The van der Waals surface area contributed by atoms with Crippen LogP contribution in [0.5, 0.6) is 5.75 Å². The number of hydrogen-bond donors (Lipinski definition) is 2. The van der Waals surface area contributed by atoms with Gasteiger partial charge in [0.15, 0.2) is 5.43 Å². The van der Waals surface area contributed by atoms with Crippen LogP contribution < -0.4 is 5.43 Å². The van der Waals surface area contributed by atoms with Crippen molar-refractivity contribution in [1.82, 2.24) is 9.88 Å². The van der Waals surface area contributed by atoms with Gasteiger partial charge in [0.2, 0.25) is 0 Å². The predicted molar refractivity (Wildman–Crippen MR) is 125 cm³/mol. The maximum atomic E-state index is 13.2. The second-order valence-corrected chi connectivity index (χ2v) is 8.04. The fourth-order valence-corrected chi connectivity index (χ4v) is 4.21. The molecule has 0 aliphatic carbocycles. The molecule has 3 aromatic carbocycles. The normalized spacial score (nSPS) is 11.6. The van der Waals surface area contributed by atoms with Crippen LogP contribution in [-0.4, -0.2) is 28.1 Å². The van der Waals surface area contributed by atoms with E-state index < -0.39 is 0 Å². The van der Waals surface area contributed by atoms with Gasteiger partial charge in [-0.05, 0) is 48.1 Å². The molecule has 4 nitrogen and oxygen atoms in total. The average molecular weight is 421 g/mol. The number of aromatic amines is 1. The van der Waals surface area contributed by atoms with E-state index >= 15 is 0 Å². The molecule has 4 aromatic rings. The molecule has 30 heavy (non-hydrogen) atoms. The van der Waals surface area contributed by atoms with E-state index in [0.717, 1.165) is 34.9 Å². The van der Waals surface area contributed by atoms with Gasteiger partial charge in [-0.25, -0.2) is 0 Å². The molecule has 0 fully saturated rings. The highest BCUT2D eigenvalue weighted by Crippen LogP contribution is 2.30. The summed E-state index contributed by atoms with van der Waals surface area (Å²) in [5, 5.41) is 14.2. The summed E-state index contributed by atoms with van der Waals surface area (Å²) < 4.78 is 0. The summed E-state index contributed by atoms with van der Waals surface area (Å²) >= 11 is 6.34. The molecule has 0 saturated heterocycles. The molecule has 1 heterocycles. The lowest BCUT2D eigenvalue weighted by Gasteiger charge is -2.20. The molecule has 0 spiro atoms. The SMILES string of the molecule is CCN(CC)Cc1cc(Cl)cc(Cc2c[nH]c3cc4ccccc4cc3c2=O)c1O. The summed E-state index contributed by atoms with van der Waals surface area (Å²) in [5.41, 5.74) is 2.82. The molecule has 154 valence electrons. The molecule has 2 N–H and O–H groups in total. The van der Waals surface area contributed by atoms with Gasteiger partial charge in [-0.2, -0.15) is 0 Å². The third-order valence-electron chi connectivity index (χ3n) is 5.73. The van der Waals surface area contributed by atoms with Crippen LogP contribution in [0.25, 0.3) is 21.7 Å². The molecule has 4 rings (SSSR count). The van der Waals surface area contributed by atoms with Crippen molar-refractivity contribution in [3.63, 3.8) is 0 Å². The maximum Gasteiger partial charge on any atom is 0.192 e. The van der Waals surface area contributed by atoms with Gasteiger partial charge in [0.25, 0.3) is 0 Å². The molecule has 0 bridgehead atoms. The number of H-pyrrole nitrogens is 1. The van der Waals surface area contributed by atoms with Crippen LogP contribution in [0.15, 0.2) is 59.5 Å². The minimum Gasteiger partial charge on any atom is -0.507 e. The van der Waals surface area contributed by atoms with E-state index in [4.69, 9.17) is 11.6 Å². The lowest BCUT2D eigenvalue weighted by atomic mass is 9.99. The number of phenols is 1. The Bertz CT molecular complexity index is 1280. The molecule has 0 atom stereocenters. The summed E-state index contributed by atoms with van der Waals surface area (Å²) in [6, 6.07) is 15.4. The minimum absolute atomic E-state index is 0.0285. The highest BCUT2D eigenvalue weighted by molar-refractivity contribution is 6.30. The van der Waals surface area contributed by atoms with Crippen molar-refractivity contribution in [2.24, 2.45) is 0 Å². The van der Waals surface area contributed by atoms with Crippen molar-refractivity contribution in [2.75, 3.05) is 13.1 Å². The molecule has 0 aliphatic heterocycles. The molecule has 5 heteroatoms. The lowest BCUT2D eigenvalue weighted by Crippen LogP contribution is -2.22. The van der Waals surface area contributed by atoms with Crippen molar-refractivity contribution in [3.05, 3.63) is 86.7 Å². The first kappa shape index (κ1) is 20.5. The third-order valence-corrected chi connectivity index (χ3v) is 5.94. The average Bonchev–Trinajstić information content (AvgIpc) is 2.75. The van der Waals surface area contributed by atoms with Gasteiger partial charge in [-0.3, -0.25) is 9.69 Å². The van der Waals surface area contributed by atoms with Crippen LogP contribution in [0.3, 0.4) is 0 Å². The Morgan fingerprint density at radius 3 is 2.33 bits per heavy atom. The Hall–Kier alpha value is -2.82. The van der Waals surface area contributed by atoms with Crippen molar-refractivity contribution in [3.8, 4) is 5.75 Å². The quantitative estimate of drug-likeness (QED) is 0.406. The Morgan fingerprint density at radius 2 is 1.63 bits per heavy atom. The number of halogens is 1. The number of aromatic hydroxyl groups is 1. The molecule has 0 unspecified atom stereocenters. The first-order valence-electron chi connectivity index (χ1n) is 10.3. The molecular weight excluding hydrogens is 396 g/mol. The second kappa shape index (κ2) is 8.50. The summed E-state index contributed by atoms with van der Waals surface area (Å²) in [5.74, 6) is 0.212. The number of pyridine rings is 1. The number of hydrogen-bond acceptors (Lipinski definition) is 3. The molecule has 0 aliphatic rings. The number of nitrogens with one attached hydrogen (secondary N) is 1. The van der Waals surface area contributed by atoms with Gasteiger partial charge in [-0.15, -0.1) is 0 Å². The van der Waals surface area contributed by atoms with E-state index in [0.29, 0.717) is 34.5 Å². The molecule has 0 radical (unpaired) electrons. The number of fused-ring (bicyclic) bond motifs is 2. The number of benzene rings is 3. The van der Waals surface area contributed by atoms with Crippen molar-refractivity contribution >= 4 is 33.3 Å². The highest BCUT2D eigenvalue weighted by atomic mass is 35.5. The second-order valence-electron chi connectivity index (χ2n) is 7.60. The fourth-order valence-electron chi connectivity index (χ4n) is 3.95. The number of aromatic nitrogens is 1. The third kappa shape index (κ3) is 3.93. The standard InChI is InChI=1S/C25H25ClN2O2/c1-3-28(4-2)15-20-11-21(26)10-18(24(20)29)9-19-14-27-23-13-17-8-6-5-7-16(17)12-22(23)25(19)30/h5-8,10-14,29H,3-4,9,15H2,1-2H3,(H,27,30). The van der Waals surface area contributed by atoms with Gasteiger partial charge < -0.3 is 10.1 Å². The van der Waals surface area contributed by atoms with E-state index in [1.54, 1.807) is 18.3 Å². The summed E-state index contributed by atoms with van der Waals surface area (Å²) in [6.45, 7) is 6.56. The smallest absolute Gasteiger partial charge is 0.192 e. The van der Waals surface area contributed by atoms with Crippen LogP contribution in [0.4, 0.5) is 0 Å². The Kier molecular flexibility index (Phi) is 5.80. The topological polar surface area (TPSA) is 56.3 Å². The zero-order valence-corrected chi connectivity index (χ0v) is 18.0. The number of rotatable bonds is 6. The molecule has 0 amide bonds. The van der Waals surface area contributed by atoms with Crippen molar-refractivity contribution in [2.45, 2.75) is 26.8 Å². The molecule has 1 aromatic heterocycles. The molecule has 0 saturated carbocycles. The first-order valence-corrected chi connectivity index (χ1v) is 10.6. The first-order chi connectivity index (χ1) is 14.5. The predicted octanol–water partition coefficient (Wildman–Crippen LogP) is 5.47. The van der Waals surface area contributed by atoms with Crippen LogP contribution in [0, 0.1) is 0 Å². The van der Waals surface area contributed by atoms with E-state index in [1.165, 1.54) is 0 Å². The molecular formula is C25H25ClN2O2. The van der Waals surface area contributed by atoms with Gasteiger partial charge in [0.05, 0.1) is 0 Å². The lowest BCUT2D eigenvalue weighted by molar-refractivity contribution is 0.290. The largest absolute Gasteiger partial charge is 0.507 e. The zero-order chi connectivity index (χ0) is 21.3. The summed E-state index contributed by atoms with van der Waals surface area (Å²) in [6.07, 6.45) is 2.06. The minimum atomic E-state index is -0.0285. The Morgan fingerprint density at radius 1 is 0.967 bits per heavy atom. The van der Waals surface area contributed by atoms with Crippen LogP contribution in [0.1, 0.15) is 30.5 Å². The number of phenolic OH excluding ortho intramolecular Hbond substituents is 1. The summed E-state index contributed by atoms with van der Waals surface area (Å²) in [7, 11) is 0. The van der Waals surface area contributed by atoms with E-state index in [2.05, 4.69) is 23.7 Å². The Labute approximate surface area is 180 Å². The monoisotopic (exact) mass is 420 g/mol.